The van der Waals surface area contributed by atoms with Crippen molar-refractivity contribution >= 4 is 21.9 Å². The van der Waals surface area contributed by atoms with Crippen molar-refractivity contribution in [1.82, 2.24) is 15.5 Å². The van der Waals surface area contributed by atoms with Crippen LogP contribution in [0.3, 0.4) is 0 Å². The number of likely N-dealkylation sites (tertiary alicyclic amines) is 1. The highest BCUT2D eigenvalue weighted by Gasteiger charge is 2.34. The van der Waals surface area contributed by atoms with Gasteiger partial charge in [-0.3, -0.25) is 9.89 Å². The summed E-state index contributed by atoms with van der Waals surface area (Å²) >= 11 is 3.46. The molecule has 0 saturated carbocycles. The topological polar surface area (TPSA) is 39.7 Å². The van der Waals surface area contributed by atoms with Gasteiger partial charge in [0.15, 0.2) is 5.96 Å². The van der Waals surface area contributed by atoms with Crippen LogP contribution in [0.4, 0.5) is 13.2 Å². The highest BCUT2D eigenvalue weighted by Crippen LogP contribution is 2.19. The quantitative estimate of drug-likeness (QED) is 0.421. The maximum atomic E-state index is 12.4. The third kappa shape index (κ3) is 7.64. The smallest absolute Gasteiger partial charge is 0.356 e. The highest BCUT2D eigenvalue weighted by molar-refractivity contribution is 9.10. The summed E-state index contributed by atoms with van der Waals surface area (Å²) in [5.74, 6) is 0.646. The minimum absolute atomic E-state index is 0.00127. The number of aliphatic imine (C=N–C) groups is 1. The summed E-state index contributed by atoms with van der Waals surface area (Å²) < 4.78 is 38.4. The molecule has 0 amide bonds. The lowest BCUT2D eigenvalue weighted by Crippen LogP contribution is -2.45. The predicted octanol–water partition coefficient (Wildman–Crippen LogP) is 3.18. The van der Waals surface area contributed by atoms with E-state index in [0.717, 1.165) is 23.9 Å². The first kappa shape index (κ1) is 20.0. The molecule has 1 aliphatic rings. The van der Waals surface area contributed by atoms with E-state index in [1.165, 1.54) is 10.5 Å². The van der Waals surface area contributed by atoms with Crippen LogP contribution in [0.15, 0.2) is 33.7 Å². The monoisotopic (exact) mass is 420 g/mol. The Kier molecular flexibility index (Phi) is 7.56. The van der Waals surface area contributed by atoms with E-state index < -0.39 is 12.7 Å². The number of nitrogens with one attached hydrogen (secondary N) is 2. The molecule has 1 aromatic rings. The van der Waals surface area contributed by atoms with Crippen molar-refractivity contribution < 1.29 is 13.2 Å². The Bertz CT molecular complexity index is 577. The molecule has 2 N–H and O–H groups in total. The molecule has 1 heterocycles. The number of rotatable bonds is 6. The molecule has 1 saturated heterocycles. The molecule has 0 aliphatic carbocycles. The van der Waals surface area contributed by atoms with Crippen LogP contribution in [0.1, 0.15) is 18.4 Å². The Morgan fingerprint density at radius 2 is 2.20 bits per heavy atom. The van der Waals surface area contributed by atoms with Crippen LogP contribution in [-0.4, -0.2) is 56.3 Å². The van der Waals surface area contributed by atoms with E-state index in [1.54, 1.807) is 7.05 Å². The van der Waals surface area contributed by atoms with E-state index in [2.05, 4.69) is 43.7 Å². The third-order valence-corrected chi connectivity index (χ3v) is 4.56. The standard InChI is InChI=1S/C17H24BrF3N4/c1-22-16(23-8-3-5-13-4-2-6-14(18)10-13)24-15-7-9-25(11-15)12-17(19,20)21/h2,4,6,10,15H,3,5,7-9,11-12H2,1H3,(H2,22,23,24). The number of guanidine groups is 1. The molecule has 0 aromatic heterocycles. The molecule has 25 heavy (non-hydrogen) atoms. The van der Waals surface area contributed by atoms with E-state index in [9.17, 15) is 13.2 Å². The van der Waals surface area contributed by atoms with Crippen molar-refractivity contribution in [2.75, 3.05) is 33.2 Å². The Hall–Kier alpha value is -1.28. The van der Waals surface area contributed by atoms with Crippen molar-refractivity contribution in [3.8, 4) is 0 Å². The molecular formula is C17H24BrF3N4. The number of benzene rings is 1. The summed E-state index contributed by atoms with van der Waals surface area (Å²) in [4.78, 5) is 5.58. The van der Waals surface area contributed by atoms with E-state index >= 15 is 0 Å². The zero-order valence-electron chi connectivity index (χ0n) is 14.2. The van der Waals surface area contributed by atoms with Gasteiger partial charge in [0.1, 0.15) is 0 Å². The molecule has 4 nitrogen and oxygen atoms in total. The average Bonchev–Trinajstić information content (AvgIpc) is 2.95. The summed E-state index contributed by atoms with van der Waals surface area (Å²) in [5, 5.41) is 6.44. The third-order valence-electron chi connectivity index (χ3n) is 4.06. The van der Waals surface area contributed by atoms with Gasteiger partial charge in [-0.2, -0.15) is 13.2 Å². The van der Waals surface area contributed by atoms with E-state index in [1.807, 2.05) is 12.1 Å². The lowest BCUT2D eigenvalue weighted by Gasteiger charge is -2.19. The number of hydrogen-bond acceptors (Lipinski definition) is 2. The van der Waals surface area contributed by atoms with Crippen molar-refractivity contribution in [3.05, 3.63) is 34.3 Å². The molecule has 8 heteroatoms. The van der Waals surface area contributed by atoms with Gasteiger partial charge in [0, 0.05) is 37.2 Å². The fraction of sp³-hybridized carbons (Fsp3) is 0.588. The fourth-order valence-electron chi connectivity index (χ4n) is 2.93. The number of halogens is 4. The zero-order chi connectivity index (χ0) is 18.3. The first-order valence-corrected chi connectivity index (χ1v) is 9.16. The molecule has 0 spiro atoms. The van der Waals surface area contributed by atoms with Crippen LogP contribution in [0, 0.1) is 0 Å². The van der Waals surface area contributed by atoms with Gasteiger partial charge in [0.2, 0.25) is 0 Å². The van der Waals surface area contributed by atoms with Gasteiger partial charge in [-0.1, -0.05) is 28.1 Å². The Labute approximate surface area is 155 Å². The zero-order valence-corrected chi connectivity index (χ0v) is 15.8. The van der Waals surface area contributed by atoms with Crippen LogP contribution < -0.4 is 10.6 Å². The lowest BCUT2D eigenvalue weighted by atomic mass is 10.1. The minimum Gasteiger partial charge on any atom is -0.356 e. The second kappa shape index (κ2) is 9.43. The number of aryl methyl sites for hydroxylation is 1. The fourth-order valence-corrected chi connectivity index (χ4v) is 3.37. The molecule has 140 valence electrons. The van der Waals surface area contributed by atoms with Crippen molar-refractivity contribution in [1.29, 1.82) is 0 Å². The van der Waals surface area contributed by atoms with E-state index in [0.29, 0.717) is 25.5 Å². The van der Waals surface area contributed by atoms with Crippen LogP contribution >= 0.6 is 15.9 Å². The first-order valence-electron chi connectivity index (χ1n) is 8.36. The molecule has 1 aromatic carbocycles. The Balaban J connectivity index is 1.67. The van der Waals surface area contributed by atoms with Crippen LogP contribution in [0.2, 0.25) is 0 Å². The number of nitrogens with zero attached hydrogens (tertiary/aromatic N) is 2. The van der Waals surface area contributed by atoms with Gasteiger partial charge in [-0.25, -0.2) is 0 Å². The van der Waals surface area contributed by atoms with Crippen molar-refractivity contribution in [2.45, 2.75) is 31.5 Å². The molecule has 1 atom stereocenters. The molecule has 2 rings (SSSR count). The average molecular weight is 421 g/mol. The summed E-state index contributed by atoms with van der Waals surface area (Å²) in [7, 11) is 1.67. The normalized spacial score (nSPS) is 19.2. The minimum atomic E-state index is -4.14. The molecular weight excluding hydrogens is 397 g/mol. The van der Waals surface area contributed by atoms with Crippen LogP contribution in [0.5, 0.6) is 0 Å². The van der Waals surface area contributed by atoms with Crippen LogP contribution in [-0.2, 0) is 6.42 Å². The van der Waals surface area contributed by atoms with Crippen molar-refractivity contribution in [3.63, 3.8) is 0 Å². The number of alkyl halides is 3. The SMILES string of the molecule is CN=C(NCCCc1cccc(Br)c1)NC1CCN(CC(F)(F)F)C1. The first-order chi connectivity index (χ1) is 11.9. The number of hydrogen-bond donors (Lipinski definition) is 2. The summed E-state index contributed by atoms with van der Waals surface area (Å²) in [6, 6.07) is 8.20. The van der Waals surface area contributed by atoms with Crippen molar-refractivity contribution in [2.24, 2.45) is 4.99 Å². The van der Waals surface area contributed by atoms with Gasteiger partial charge in [-0.05, 0) is 37.0 Å². The van der Waals surface area contributed by atoms with E-state index in [-0.39, 0.29) is 6.04 Å². The van der Waals surface area contributed by atoms with Gasteiger partial charge in [0.25, 0.3) is 0 Å². The van der Waals surface area contributed by atoms with E-state index in [4.69, 9.17) is 0 Å². The largest absolute Gasteiger partial charge is 0.401 e. The highest BCUT2D eigenvalue weighted by atomic mass is 79.9. The maximum Gasteiger partial charge on any atom is 0.401 e. The molecule has 0 radical (unpaired) electrons. The Morgan fingerprint density at radius 1 is 1.40 bits per heavy atom. The van der Waals surface area contributed by atoms with Crippen LogP contribution in [0.25, 0.3) is 0 Å². The maximum absolute atomic E-state index is 12.4. The summed E-state index contributed by atoms with van der Waals surface area (Å²) in [5.41, 5.74) is 1.26. The lowest BCUT2D eigenvalue weighted by molar-refractivity contribution is -0.143. The Morgan fingerprint density at radius 3 is 2.88 bits per heavy atom. The summed E-state index contributed by atoms with van der Waals surface area (Å²) in [6.45, 7) is 0.754. The second-order valence-corrected chi connectivity index (χ2v) is 7.13. The molecule has 1 fully saturated rings. The summed E-state index contributed by atoms with van der Waals surface area (Å²) in [6.07, 6.45) is -1.55. The predicted molar refractivity (Wildman–Crippen MR) is 97.9 cm³/mol. The molecule has 0 bridgehead atoms. The molecule has 1 unspecified atom stereocenters. The molecule has 1 aliphatic heterocycles. The van der Waals surface area contributed by atoms with Gasteiger partial charge >= 0.3 is 6.18 Å². The van der Waals surface area contributed by atoms with Gasteiger partial charge in [-0.15, -0.1) is 0 Å². The second-order valence-electron chi connectivity index (χ2n) is 6.21. The van der Waals surface area contributed by atoms with Gasteiger partial charge in [0.05, 0.1) is 6.54 Å². The van der Waals surface area contributed by atoms with Gasteiger partial charge < -0.3 is 10.6 Å².